The standard InChI is InChI=1S/C20H20N4O2/c1-15-6-4-8-17(22-15)13-24(12-16-7-2-3-11-21-16)14-18-9-5-10-19(23-18)20(25)26/h2-11H,12-14H2,1H3,(H,25,26). The summed E-state index contributed by atoms with van der Waals surface area (Å²) in [4.78, 5) is 26.5. The van der Waals surface area contributed by atoms with Gasteiger partial charge in [-0.25, -0.2) is 9.78 Å². The Labute approximate surface area is 152 Å². The SMILES string of the molecule is Cc1cccc(CN(Cc2ccccn2)Cc2cccc(C(=O)O)n2)n1. The molecule has 0 atom stereocenters. The van der Waals surface area contributed by atoms with Crippen LogP contribution < -0.4 is 0 Å². The van der Waals surface area contributed by atoms with Gasteiger partial charge in [-0.2, -0.15) is 0 Å². The number of nitrogens with zero attached hydrogens (tertiary/aromatic N) is 4. The second-order valence-electron chi connectivity index (χ2n) is 6.06. The summed E-state index contributed by atoms with van der Waals surface area (Å²) in [7, 11) is 0. The number of rotatable bonds is 7. The topological polar surface area (TPSA) is 79.2 Å². The second-order valence-corrected chi connectivity index (χ2v) is 6.06. The maximum Gasteiger partial charge on any atom is 0.354 e. The van der Waals surface area contributed by atoms with E-state index in [1.165, 1.54) is 6.07 Å². The molecule has 1 N–H and O–H groups in total. The zero-order valence-electron chi connectivity index (χ0n) is 14.5. The highest BCUT2D eigenvalue weighted by atomic mass is 16.4. The summed E-state index contributed by atoms with van der Waals surface area (Å²) < 4.78 is 0. The lowest BCUT2D eigenvalue weighted by molar-refractivity contribution is 0.0689. The van der Waals surface area contributed by atoms with Gasteiger partial charge in [0.1, 0.15) is 5.69 Å². The summed E-state index contributed by atoms with van der Waals surface area (Å²) >= 11 is 0. The van der Waals surface area contributed by atoms with Gasteiger partial charge in [0.25, 0.3) is 0 Å². The fraction of sp³-hybridized carbons (Fsp3) is 0.200. The number of aromatic carboxylic acids is 1. The first-order valence-electron chi connectivity index (χ1n) is 8.34. The van der Waals surface area contributed by atoms with Crippen molar-refractivity contribution in [2.75, 3.05) is 0 Å². The van der Waals surface area contributed by atoms with Gasteiger partial charge < -0.3 is 5.11 Å². The summed E-state index contributed by atoms with van der Waals surface area (Å²) in [5.41, 5.74) is 3.61. The number of hydrogen-bond donors (Lipinski definition) is 1. The lowest BCUT2D eigenvalue weighted by Gasteiger charge is -2.21. The molecule has 26 heavy (non-hydrogen) atoms. The Hall–Kier alpha value is -3.12. The van der Waals surface area contributed by atoms with E-state index in [1.807, 2.05) is 49.4 Å². The van der Waals surface area contributed by atoms with Gasteiger partial charge in [-0.3, -0.25) is 14.9 Å². The quantitative estimate of drug-likeness (QED) is 0.707. The number of pyridine rings is 3. The van der Waals surface area contributed by atoms with Gasteiger partial charge in [-0.05, 0) is 43.3 Å². The monoisotopic (exact) mass is 348 g/mol. The average molecular weight is 348 g/mol. The third-order valence-electron chi connectivity index (χ3n) is 3.85. The minimum Gasteiger partial charge on any atom is -0.477 e. The lowest BCUT2D eigenvalue weighted by Crippen LogP contribution is -2.24. The molecule has 0 bridgehead atoms. The molecular weight excluding hydrogens is 328 g/mol. The van der Waals surface area contributed by atoms with Crippen LogP contribution in [0.25, 0.3) is 0 Å². The van der Waals surface area contributed by atoms with Gasteiger partial charge in [0.2, 0.25) is 0 Å². The molecule has 0 radical (unpaired) electrons. The zero-order chi connectivity index (χ0) is 18.4. The number of carboxylic acid groups (broad SMARTS) is 1. The summed E-state index contributed by atoms with van der Waals surface area (Å²) in [5.74, 6) is -1.02. The Morgan fingerprint density at radius 1 is 0.885 bits per heavy atom. The number of hydrogen-bond acceptors (Lipinski definition) is 5. The zero-order valence-corrected chi connectivity index (χ0v) is 14.5. The van der Waals surface area contributed by atoms with Crippen molar-refractivity contribution in [1.29, 1.82) is 0 Å². The lowest BCUT2D eigenvalue weighted by atomic mass is 10.2. The molecule has 0 unspecified atom stereocenters. The van der Waals surface area contributed by atoms with Crippen LogP contribution in [-0.2, 0) is 19.6 Å². The Morgan fingerprint density at radius 3 is 2.19 bits per heavy atom. The third-order valence-corrected chi connectivity index (χ3v) is 3.85. The van der Waals surface area contributed by atoms with E-state index in [9.17, 15) is 4.79 Å². The van der Waals surface area contributed by atoms with Crippen molar-refractivity contribution in [3.8, 4) is 0 Å². The maximum atomic E-state index is 11.2. The molecule has 3 rings (SSSR count). The van der Waals surface area contributed by atoms with E-state index < -0.39 is 5.97 Å². The molecule has 0 amide bonds. The average Bonchev–Trinajstić information content (AvgIpc) is 2.63. The summed E-state index contributed by atoms with van der Waals surface area (Å²) in [6.07, 6.45) is 1.77. The number of carboxylic acids is 1. The van der Waals surface area contributed by atoms with Gasteiger partial charge in [-0.1, -0.05) is 18.2 Å². The molecule has 0 fully saturated rings. The molecular formula is C20H20N4O2. The van der Waals surface area contributed by atoms with Gasteiger partial charge in [0.05, 0.1) is 17.1 Å². The van der Waals surface area contributed by atoms with Gasteiger partial charge >= 0.3 is 5.97 Å². The van der Waals surface area contributed by atoms with E-state index in [0.29, 0.717) is 25.3 Å². The Balaban J connectivity index is 1.82. The van der Waals surface area contributed by atoms with Crippen molar-refractivity contribution in [3.63, 3.8) is 0 Å². The van der Waals surface area contributed by atoms with Crippen LogP contribution >= 0.6 is 0 Å². The van der Waals surface area contributed by atoms with Gasteiger partial charge in [-0.15, -0.1) is 0 Å². The molecule has 0 saturated carbocycles. The van der Waals surface area contributed by atoms with Crippen LogP contribution in [0.4, 0.5) is 0 Å². The minimum atomic E-state index is -1.02. The van der Waals surface area contributed by atoms with E-state index in [-0.39, 0.29) is 5.69 Å². The van der Waals surface area contributed by atoms with Crippen LogP contribution in [0.3, 0.4) is 0 Å². The van der Waals surface area contributed by atoms with E-state index in [1.54, 1.807) is 12.3 Å². The molecule has 6 heteroatoms. The molecule has 0 aliphatic heterocycles. The molecule has 3 heterocycles. The highest BCUT2D eigenvalue weighted by molar-refractivity contribution is 5.85. The Morgan fingerprint density at radius 2 is 1.54 bits per heavy atom. The summed E-state index contributed by atoms with van der Waals surface area (Å²) in [6.45, 7) is 3.71. The Kier molecular flexibility index (Phi) is 5.66. The van der Waals surface area contributed by atoms with Crippen LogP contribution in [0, 0.1) is 6.92 Å². The Bertz CT molecular complexity index is 884. The molecule has 132 valence electrons. The van der Waals surface area contributed by atoms with Crippen LogP contribution in [0.15, 0.2) is 60.8 Å². The van der Waals surface area contributed by atoms with Crippen LogP contribution in [0.1, 0.15) is 33.3 Å². The first kappa shape index (κ1) is 17.7. The van der Waals surface area contributed by atoms with E-state index in [0.717, 1.165) is 17.1 Å². The normalized spacial score (nSPS) is 10.8. The predicted octanol–water partition coefficient (Wildman–Crippen LogP) is 3.08. The molecule has 0 saturated heterocycles. The summed E-state index contributed by atoms with van der Waals surface area (Å²) in [6, 6.07) is 16.8. The molecule has 0 aliphatic carbocycles. The van der Waals surface area contributed by atoms with Gasteiger partial charge in [0, 0.05) is 31.5 Å². The van der Waals surface area contributed by atoms with E-state index in [4.69, 9.17) is 5.11 Å². The predicted molar refractivity (Wildman–Crippen MR) is 97.4 cm³/mol. The third kappa shape index (κ3) is 4.94. The van der Waals surface area contributed by atoms with E-state index >= 15 is 0 Å². The van der Waals surface area contributed by atoms with E-state index in [2.05, 4.69) is 19.9 Å². The highest BCUT2D eigenvalue weighted by Crippen LogP contribution is 2.12. The number of carbonyl (C=O) groups is 1. The molecule has 3 aromatic heterocycles. The van der Waals surface area contributed by atoms with Crippen LogP contribution in [0.5, 0.6) is 0 Å². The minimum absolute atomic E-state index is 0.0500. The molecule has 0 spiro atoms. The fourth-order valence-electron chi connectivity index (χ4n) is 2.72. The van der Waals surface area contributed by atoms with Crippen molar-refractivity contribution in [2.24, 2.45) is 0 Å². The molecule has 0 aliphatic rings. The smallest absolute Gasteiger partial charge is 0.354 e. The fourth-order valence-corrected chi connectivity index (χ4v) is 2.72. The number of aryl methyl sites for hydroxylation is 1. The highest BCUT2D eigenvalue weighted by Gasteiger charge is 2.12. The van der Waals surface area contributed by atoms with Crippen LogP contribution in [0.2, 0.25) is 0 Å². The number of aromatic nitrogens is 3. The van der Waals surface area contributed by atoms with Crippen LogP contribution in [-0.4, -0.2) is 30.9 Å². The second kappa shape index (κ2) is 8.31. The molecule has 0 aromatic carbocycles. The van der Waals surface area contributed by atoms with Crippen molar-refractivity contribution in [3.05, 3.63) is 89.3 Å². The largest absolute Gasteiger partial charge is 0.477 e. The first-order valence-corrected chi connectivity index (χ1v) is 8.34. The van der Waals surface area contributed by atoms with Crippen molar-refractivity contribution >= 4 is 5.97 Å². The summed E-state index contributed by atoms with van der Waals surface area (Å²) in [5, 5.41) is 9.15. The molecule has 3 aromatic rings. The van der Waals surface area contributed by atoms with Crippen molar-refractivity contribution in [1.82, 2.24) is 19.9 Å². The molecule has 6 nitrogen and oxygen atoms in total. The first-order chi connectivity index (χ1) is 12.6. The maximum absolute atomic E-state index is 11.2. The van der Waals surface area contributed by atoms with Crippen molar-refractivity contribution in [2.45, 2.75) is 26.6 Å². The van der Waals surface area contributed by atoms with Crippen molar-refractivity contribution < 1.29 is 9.90 Å². The van der Waals surface area contributed by atoms with Gasteiger partial charge in [0.15, 0.2) is 0 Å².